The van der Waals surface area contributed by atoms with E-state index in [0.717, 1.165) is 35.5 Å². The van der Waals surface area contributed by atoms with E-state index in [9.17, 15) is 0 Å². The van der Waals surface area contributed by atoms with Crippen LogP contribution in [0.5, 0.6) is 17.2 Å². The number of ether oxygens (including phenoxy) is 2. The highest BCUT2D eigenvalue weighted by atomic mass is 28.4. The minimum atomic E-state index is -1.80. The van der Waals surface area contributed by atoms with Crippen LogP contribution in [0.4, 0.5) is 0 Å². The van der Waals surface area contributed by atoms with Crippen molar-refractivity contribution in [1.29, 1.82) is 0 Å². The average molecular weight is 477 g/mol. The van der Waals surface area contributed by atoms with Crippen molar-refractivity contribution in [2.45, 2.75) is 96.8 Å². The van der Waals surface area contributed by atoms with Gasteiger partial charge in [-0.3, -0.25) is 0 Å². The maximum atomic E-state index is 6.74. The van der Waals surface area contributed by atoms with Crippen LogP contribution in [0.3, 0.4) is 0 Å². The second-order valence-electron chi connectivity index (χ2n) is 12.5. The molecule has 0 aromatic heterocycles. The molecular formula is C26H44O4Si2. The number of methoxy groups -OCH3 is 2. The Morgan fingerprint density at radius 1 is 0.875 bits per heavy atom. The Morgan fingerprint density at radius 2 is 1.59 bits per heavy atom. The molecule has 5 atom stereocenters. The lowest BCUT2D eigenvalue weighted by Crippen LogP contribution is -2.47. The van der Waals surface area contributed by atoms with Crippen LogP contribution < -0.4 is 13.9 Å². The monoisotopic (exact) mass is 476 g/mol. The normalized spacial score (nSPS) is 32.0. The first-order chi connectivity index (χ1) is 14.9. The largest absolute Gasteiger partial charge is 0.539 e. The molecule has 0 saturated heterocycles. The van der Waals surface area contributed by atoms with Crippen LogP contribution in [0.1, 0.15) is 56.1 Å². The number of hydrogen-bond donors (Lipinski definition) is 0. The molecule has 0 N–H and O–H groups in total. The van der Waals surface area contributed by atoms with E-state index < -0.39 is 16.6 Å². The number of fused-ring (bicyclic) bond motifs is 5. The van der Waals surface area contributed by atoms with Gasteiger partial charge in [0.2, 0.25) is 8.32 Å². The average Bonchev–Trinajstić information content (AvgIpc) is 3.00. The van der Waals surface area contributed by atoms with Gasteiger partial charge in [0, 0.05) is 5.56 Å². The van der Waals surface area contributed by atoms with Gasteiger partial charge in [-0.15, -0.1) is 0 Å². The fourth-order valence-electron chi connectivity index (χ4n) is 6.99. The highest BCUT2D eigenvalue weighted by molar-refractivity contribution is 6.70. The van der Waals surface area contributed by atoms with Gasteiger partial charge in [0.15, 0.2) is 25.6 Å². The van der Waals surface area contributed by atoms with Gasteiger partial charge < -0.3 is 18.3 Å². The molecule has 32 heavy (non-hydrogen) atoms. The highest BCUT2D eigenvalue weighted by Crippen LogP contribution is 2.63. The minimum absolute atomic E-state index is 0.327. The lowest BCUT2D eigenvalue weighted by molar-refractivity contribution is -0.0142. The first kappa shape index (κ1) is 24.1. The molecule has 1 aromatic rings. The molecule has 3 aliphatic rings. The second kappa shape index (κ2) is 8.35. The summed E-state index contributed by atoms with van der Waals surface area (Å²) in [7, 11) is 0.199. The molecule has 0 aliphatic heterocycles. The zero-order valence-corrected chi connectivity index (χ0v) is 23.8. The van der Waals surface area contributed by atoms with E-state index in [1.54, 1.807) is 14.2 Å². The Morgan fingerprint density at radius 3 is 2.19 bits per heavy atom. The van der Waals surface area contributed by atoms with Crippen LogP contribution in [-0.2, 0) is 10.8 Å². The lowest BCUT2D eigenvalue weighted by atomic mass is 9.55. The molecule has 0 spiro atoms. The van der Waals surface area contributed by atoms with Crippen LogP contribution in [0.2, 0.25) is 39.3 Å². The number of hydrogen-bond acceptors (Lipinski definition) is 4. The zero-order chi connectivity index (χ0) is 23.5. The van der Waals surface area contributed by atoms with E-state index >= 15 is 0 Å². The van der Waals surface area contributed by atoms with Crippen molar-refractivity contribution in [2.75, 3.05) is 14.2 Å². The van der Waals surface area contributed by atoms with Gasteiger partial charge in [-0.1, -0.05) is 6.92 Å². The molecule has 2 saturated carbocycles. The molecule has 4 rings (SSSR count). The molecule has 0 radical (unpaired) electrons. The molecule has 3 aliphatic carbocycles. The third-order valence-corrected chi connectivity index (χ3v) is 9.95. The summed E-state index contributed by atoms with van der Waals surface area (Å²) in [4.78, 5) is 0. The van der Waals surface area contributed by atoms with Gasteiger partial charge in [0.1, 0.15) is 0 Å². The summed E-state index contributed by atoms with van der Waals surface area (Å²) in [6.45, 7) is 16.2. The third kappa shape index (κ3) is 4.27. The van der Waals surface area contributed by atoms with Crippen molar-refractivity contribution in [3.05, 3.63) is 17.2 Å². The van der Waals surface area contributed by atoms with Crippen molar-refractivity contribution in [3.63, 3.8) is 0 Å². The zero-order valence-electron chi connectivity index (χ0n) is 21.8. The molecule has 2 fully saturated rings. The van der Waals surface area contributed by atoms with E-state index in [1.165, 1.54) is 43.2 Å². The topological polar surface area (TPSA) is 36.9 Å². The van der Waals surface area contributed by atoms with Gasteiger partial charge in [-0.05, 0) is 113 Å². The first-order valence-corrected chi connectivity index (χ1v) is 19.3. The van der Waals surface area contributed by atoms with Crippen molar-refractivity contribution in [2.24, 2.45) is 17.3 Å². The lowest BCUT2D eigenvalue weighted by Gasteiger charge is -2.51. The molecule has 0 heterocycles. The predicted molar refractivity (Wildman–Crippen MR) is 136 cm³/mol. The van der Waals surface area contributed by atoms with Gasteiger partial charge in [0.05, 0.1) is 20.3 Å². The van der Waals surface area contributed by atoms with Crippen LogP contribution in [0.25, 0.3) is 0 Å². The molecule has 0 amide bonds. The standard InChI is InChI=1S/C26H44O4Si2/c1-26-15-14-17-18(21(26)12-13-23(26)29-31(4,5)6)10-11-19-20(17)16-22(27-2)25(24(19)28-3)30-32(7,8)9/h16-18,21,23H,10-15H2,1-9H3/t17-,18+,21-,23-,26-/m0/s1. The summed E-state index contributed by atoms with van der Waals surface area (Å²) in [6, 6.07) is 2.29. The maximum absolute atomic E-state index is 6.74. The smallest absolute Gasteiger partial charge is 0.242 e. The fourth-order valence-corrected chi connectivity index (χ4v) is 9.04. The van der Waals surface area contributed by atoms with Gasteiger partial charge >= 0.3 is 0 Å². The summed E-state index contributed by atoms with van der Waals surface area (Å²) < 4.78 is 25.1. The quantitative estimate of drug-likeness (QED) is 0.414. The third-order valence-electron chi connectivity index (χ3n) is 8.14. The van der Waals surface area contributed by atoms with Gasteiger partial charge in [-0.25, -0.2) is 0 Å². The molecule has 1 aromatic carbocycles. The van der Waals surface area contributed by atoms with E-state index in [0.29, 0.717) is 17.4 Å². The summed E-state index contributed by atoms with van der Waals surface area (Å²) in [6.07, 6.45) is 7.79. The number of benzene rings is 1. The molecule has 0 bridgehead atoms. The van der Waals surface area contributed by atoms with Crippen LogP contribution >= 0.6 is 0 Å². The van der Waals surface area contributed by atoms with Crippen molar-refractivity contribution in [3.8, 4) is 17.2 Å². The Labute approximate surface area is 197 Å². The number of rotatable bonds is 6. The van der Waals surface area contributed by atoms with Gasteiger partial charge in [0.25, 0.3) is 0 Å². The molecule has 4 nitrogen and oxygen atoms in total. The van der Waals surface area contributed by atoms with Gasteiger partial charge in [-0.2, -0.15) is 0 Å². The fraction of sp³-hybridized carbons (Fsp3) is 0.769. The second-order valence-corrected chi connectivity index (χ2v) is 21.4. The Balaban J connectivity index is 1.69. The van der Waals surface area contributed by atoms with E-state index in [4.69, 9.17) is 18.3 Å². The summed E-state index contributed by atoms with van der Waals surface area (Å²) >= 11 is 0. The Hall–Kier alpha value is -0.986. The van der Waals surface area contributed by atoms with Crippen LogP contribution in [0, 0.1) is 17.3 Å². The summed E-state index contributed by atoms with van der Waals surface area (Å²) in [5, 5.41) is 0. The predicted octanol–water partition coefficient (Wildman–Crippen LogP) is 6.99. The summed E-state index contributed by atoms with van der Waals surface area (Å²) in [5.41, 5.74) is 3.14. The first-order valence-electron chi connectivity index (χ1n) is 12.5. The molecular weight excluding hydrogens is 432 g/mol. The van der Waals surface area contributed by atoms with E-state index in [2.05, 4.69) is 52.3 Å². The highest BCUT2D eigenvalue weighted by Gasteiger charge is 2.56. The SMILES string of the molecule is COc1cc2c(c(OC)c1O[Si](C)(C)C)CC[C@@H]1[C@@H]2CC[C@]2(C)[C@@H](O[Si](C)(C)C)CC[C@@H]12. The van der Waals surface area contributed by atoms with Crippen LogP contribution in [0.15, 0.2) is 6.07 Å². The van der Waals surface area contributed by atoms with E-state index in [1.807, 2.05) is 0 Å². The van der Waals surface area contributed by atoms with Crippen LogP contribution in [-0.4, -0.2) is 37.0 Å². The van der Waals surface area contributed by atoms with Crippen molar-refractivity contribution < 1.29 is 18.3 Å². The maximum Gasteiger partial charge on any atom is 0.242 e. The van der Waals surface area contributed by atoms with E-state index in [-0.39, 0.29) is 0 Å². The summed E-state index contributed by atoms with van der Waals surface area (Å²) in [5.74, 6) is 4.64. The van der Waals surface area contributed by atoms with Crippen molar-refractivity contribution >= 4 is 16.6 Å². The minimum Gasteiger partial charge on any atom is -0.539 e. The molecule has 0 unspecified atom stereocenters. The molecule has 180 valence electrons. The molecule has 6 heteroatoms. The Kier molecular flexibility index (Phi) is 6.30. The Bertz CT molecular complexity index is 857. The van der Waals surface area contributed by atoms with Crippen molar-refractivity contribution in [1.82, 2.24) is 0 Å².